The molecule has 8 aromatic carbocycles. The Balaban J connectivity index is 1.12. The molecule has 0 saturated carbocycles. The van der Waals surface area contributed by atoms with Crippen LogP contribution in [0.2, 0.25) is 0 Å². The lowest BCUT2D eigenvalue weighted by Gasteiger charge is -2.10. The van der Waals surface area contributed by atoms with Crippen molar-refractivity contribution in [3.8, 4) is 51.0 Å². The molecule has 6 nitrogen and oxygen atoms in total. The number of para-hydroxylation sites is 2. The first kappa shape index (κ1) is 16.5. The monoisotopic (exact) mass is 753 g/mol. The molecule has 0 aliphatic carbocycles. The summed E-state index contributed by atoms with van der Waals surface area (Å²) in [4.78, 5) is 13.8. The fourth-order valence-electron chi connectivity index (χ4n) is 6.97. The number of aromatic nitrogens is 4. The molecular weight excluding hydrogens is 701 g/mol. The van der Waals surface area contributed by atoms with Gasteiger partial charge in [-0.15, -0.1) is 0 Å². The number of hydrogen-bond acceptors (Lipinski definition) is 5. The van der Waals surface area contributed by atoms with Crippen LogP contribution >= 0.6 is 0 Å². The van der Waals surface area contributed by atoms with Crippen molar-refractivity contribution in [2.75, 3.05) is 0 Å². The maximum absolute atomic E-state index is 9.51. The molecule has 0 bridgehead atoms. The van der Waals surface area contributed by atoms with Crippen molar-refractivity contribution in [3.05, 3.63) is 181 Å². The van der Waals surface area contributed by atoms with Crippen molar-refractivity contribution in [2.24, 2.45) is 0 Å². The highest BCUT2D eigenvalue weighted by atomic mass is 16.3. The Labute approximate surface area is 358 Å². The summed E-state index contributed by atoms with van der Waals surface area (Å²) in [5.41, 5.74) is -2.35. The second-order valence-corrected chi connectivity index (χ2v) is 12.6. The van der Waals surface area contributed by atoms with E-state index in [1.807, 2.05) is 0 Å². The average Bonchev–Trinajstić information content (AvgIpc) is 2.64. The quantitative estimate of drug-likeness (QED) is 0.175. The molecule has 0 amide bonds. The minimum atomic E-state index is -0.743. The van der Waals surface area contributed by atoms with E-state index in [0.717, 1.165) is 0 Å². The first-order valence-corrected chi connectivity index (χ1v) is 17.1. The number of benzene rings is 8. The molecule has 4 aromatic heterocycles. The van der Waals surface area contributed by atoms with Crippen LogP contribution in [0, 0.1) is 0 Å². The van der Waals surface area contributed by atoms with Crippen LogP contribution in [0.5, 0.6) is 0 Å². The third-order valence-corrected chi connectivity index (χ3v) is 9.43. The van der Waals surface area contributed by atoms with Crippen molar-refractivity contribution in [1.82, 2.24) is 19.5 Å². The Hall–Kier alpha value is -7.83. The van der Waals surface area contributed by atoms with Gasteiger partial charge in [-0.2, -0.15) is 0 Å². The van der Waals surface area contributed by atoms with Crippen LogP contribution in [0.1, 0.15) is 31.5 Å². The largest absolute Gasteiger partial charge is 0.456 e. The second-order valence-electron chi connectivity index (χ2n) is 12.6. The molecule has 4 heterocycles. The maximum Gasteiger partial charge on any atom is 0.164 e. The summed E-state index contributed by atoms with van der Waals surface area (Å²) in [6.07, 6.45) is 0. The summed E-state index contributed by atoms with van der Waals surface area (Å²) < 4.78 is 215. The number of hydrogen-bond donors (Lipinski definition) is 0. The molecular formula is C51H30N4O2. The van der Waals surface area contributed by atoms with E-state index in [1.54, 1.807) is 24.3 Å². The van der Waals surface area contributed by atoms with Crippen LogP contribution < -0.4 is 0 Å². The van der Waals surface area contributed by atoms with Gasteiger partial charge in [0.2, 0.25) is 0 Å². The molecule has 0 unspecified atom stereocenters. The highest BCUT2D eigenvalue weighted by Crippen LogP contribution is 2.40. The number of furan rings is 2. The standard InChI is InChI=1S/C51H30N4O2/c1-3-12-31(13-4-1)33-23-27-43-41(28-33)36-16-7-9-19-42(36)55(43)35-24-26-39-47(30-35)57-45-21-11-18-40(48(39)45)51-53-49(32-14-5-2-6-15-32)52-50(54-51)34-22-25-38-37-17-8-10-20-44(37)56-46(38)29-34/h1-30H/i1D,2D,3D,4D,5D,6D,7D,8D,9D,10D,12D,13D,14D,15D,17D,19D,20D,22D,23D,25D,27D,28D,29D. The zero-order valence-electron chi connectivity index (χ0n) is 51.6. The maximum atomic E-state index is 9.51. The fraction of sp³-hybridized carbons (Fsp3) is 0. The van der Waals surface area contributed by atoms with Gasteiger partial charge in [-0.25, -0.2) is 15.0 Å². The van der Waals surface area contributed by atoms with Crippen molar-refractivity contribution in [2.45, 2.75) is 0 Å². The van der Waals surface area contributed by atoms with Gasteiger partial charge in [0.15, 0.2) is 17.5 Å². The van der Waals surface area contributed by atoms with Crippen LogP contribution in [0.4, 0.5) is 0 Å². The van der Waals surface area contributed by atoms with Gasteiger partial charge in [0.1, 0.15) is 22.3 Å². The second kappa shape index (κ2) is 12.3. The summed E-state index contributed by atoms with van der Waals surface area (Å²) in [5, 5.41) is 0.0388. The first-order chi connectivity index (χ1) is 37.8. The summed E-state index contributed by atoms with van der Waals surface area (Å²) in [6.45, 7) is 0. The summed E-state index contributed by atoms with van der Waals surface area (Å²) in [7, 11) is 0. The third kappa shape index (κ3) is 5.01. The van der Waals surface area contributed by atoms with E-state index in [4.69, 9.17) is 38.5 Å². The smallest absolute Gasteiger partial charge is 0.164 e. The minimum absolute atomic E-state index is 0.0145. The van der Waals surface area contributed by atoms with Gasteiger partial charge in [0.05, 0.1) is 42.6 Å². The lowest BCUT2D eigenvalue weighted by Crippen LogP contribution is -2.00. The van der Waals surface area contributed by atoms with E-state index in [0.29, 0.717) is 10.8 Å². The van der Waals surface area contributed by atoms with Gasteiger partial charge in [-0.05, 0) is 65.6 Å². The van der Waals surface area contributed by atoms with Gasteiger partial charge < -0.3 is 13.4 Å². The van der Waals surface area contributed by atoms with Gasteiger partial charge in [0, 0.05) is 60.8 Å². The van der Waals surface area contributed by atoms with E-state index in [9.17, 15) is 6.85 Å². The minimum Gasteiger partial charge on any atom is -0.456 e. The van der Waals surface area contributed by atoms with Crippen molar-refractivity contribution in [3.63, 3.8) is 0 Å². The molecule has 0 fully saturated rings. The van der Waals surface area contributed by atoms with Crippen LogP contribution in [-0.4, -0.2) is 19.5 Å². The summed E-state index contributed by atoms with van der Waals surface area (Å²) in [5.74, 6) is -1.30. The predicted molar refractivity (Wildman–Crippen MR) is 230 cm³/mol. The van der Waals surface area contributed by atoms with Crippen molar-refractivity contribution >= 4 is 65.7 Å². The Morgan fingerprint density at radius 2 is 1.12 bits per heavy atom. The average molecular weight is 754 g/mol. The Kier molecular flexibility index (Phi) is 3.57. The molecule has 0 N–H and O–H groups in total. The Morgan fingerprint density at radius 1 is 0.421 bits per heavy atom. The molecule has 0 saturated heterocycles. The van der Waals surface area contributed by atoms with Crippen LogP contribution in [0.25, 0.3) is 117 Å². The van der Waals surface area contributed by atoms with Gasteiger partial charge in [0.25, 0.3) is 0 Å². The predicted octanol–water partition coefficient (Wildman–Crippen LogP) is 13.4. The van der Waals surface area contributed by atoms with E-state index >= 15 is 0 Å². The topological polar surface area (TPSA) is 69.9 Å². The lowest BCUT2D eigenvalue weighted by atomic mass is 10.0. The molecule has 6 heteroatoms. The van der Waals surface area contributed by atoms with Crippen LogP contribution in [0.15, 0.2) is 190 Å². The van der Waals surface area contributed by atoms with E-state index in [-0.39, 0.29) is 66.4 Å². The Morgan fingerprint density at radius 3 is 2.00 bits per heavy atom. The molecule has 0 spiro atoms. The van der Waals surface area contributed by atoms with E-state index in [2.05, 4.69) is 9.97 Å². The zero-order valence-corrected chi connectivity index (χ0v) is 28.6. The summed E-state index contributed by atoms with van der Waals surface area (Å²) in [6, 6.07) is -4.48. The highest BCUT2D eigenvalue weighted by Gasteiger charge is 2.20. The zero-order chi connectivity index (χ0) is 57.5. The molecule has 0 aliphatic heterocycles. The number of fused-ring (bicyclic) bond motifs is 9. The Bertz CT molecular complexity index is 4840. The lowest BCUT2D eigenvalue weighted by molar-refractivity contribution is 0.668. The fourth-order valence-corrected chi connectivity index (χ4v) is 6.97. The normalized spacial score (nSPS) is 17.5. The van der Waals surface area contributed by atoms with Gasteiger partial charge in [-0.1, -0.05) is 121 Å². The first-order valence-electron chi connectivity index (χ1n) is 28.6. The molecule has 0 radical (unpaired) electrons. The SMILES string of the molecule is [2H]c1cc2c3c([2H])c(-c4c([2H])c([2H])c([2H])c([2H])c4[2H])c([2H])c([2H])c3n(-c3ccc4c(c3)oc3cccc(-c5nc(-c6c([2H])c([2H])c([2H])c([2H])c6[2H])nc(-c6c([2H])c([2H])c7c(oc8c([2H])c([2H])c([2H])c([2H])c87)c6[2H])n5)c34)c2c([2H])c1[2H]. The number of nitrogens with zero attached hydrogens (tertiary/aromatic N) is 4. The molecule has 0 atom stereocenters. The van der Waals surface area contributed by atoms with Crippen LogP contribution in [-0.2, 0) is 0 Å². The van der Waals surface area contributed by atoms with Gasteiger partial charge in [-0.3, -0.25) is 0 Å². The molecule has 0 aliphatic rings. The van der Waals surface area contributed by atoms with Crippen LogP contribution in [0.3, 0.4) is 0 Å². The number of rotatable bonds is 5. The molecule has 12 aromatic rings. The third-order valence-electron chi connectivity index (χ3n) is 9.43. The van der Waals surface area contributed by atoms with Crippen molar-refractivity contribution < 1.29 is 40.4 Å². The molecule has 57 heavy (non-hydrogen) atoms. The van der Waals surface area contributed by atoms with Crippen molar-refractivity contribution in [1.29, 1.82) is 0 Å². The van der Waals surface area contributed by atoms with E-state index in [1.165, 1.54) is 22.8 Å². The summed E-state index contributed by atoms with van der Waals surface area (Å²) >= 11 is 0. The molecule has 12 rings (SSSR count). The highest BCUT2D eigenvalue weighted by molar-refractivity contribution is 6.14. The van der Waals surface area contributed by atoms with E-state index < -0.39 is 178 Å². The molecule has 266 valence electrons. The van der Waals surface area contributed by atoms with Gasteiger partial charge >= 0.3 is 0 Å².